The van der Waals surface area contributed by atoms with Crippen LogP contribution in [0.1, 0.15) is 42.0 Å². The van der Waals surface area contributed by atoms with E-state index in [0.717, 1.165) is 35.2 Å². The molecule has 0 unspecified atom stereocenters. The van der Waals surface area contributed by atoms with Gasteiger partial charge in [0.15, 0.2) is 0 Å². The zero-order valence-electron chi connectivity index (χ0n) is 17.8. The molecule has 0 radical (unpaired) electrons. The van der Waals surface area contributed by atoms with Crippen molar-refractivity contribution in [1.82, 2.24) is 10.2 Å². The number of rotatable bonds is 4. The molecule has 0 bridgehead atoms. The quantitative estimate of drug-likeness (QED) is 0.800. The monoisotopic (exact) mass is 393 g/mol. The Labute approximate surface area is 173 Å². The molecule has 0 aliphatic carbocycles. The second-order valence-electron chi connectivity index (χ2n) is 8.43. The predicted octanol–water partition coefficient (Wildman–Crippen LogP) is 4.56. The van der Waals surface area contributed by atoms with Gasteiger partial charge in [0.1, 0.15) is 0 Å². The topological polar surface area (TPSA) is 61.4 Å². The van der Waals surface area contributed by atoms with Crippen molar-refractivity contribution in [3.63, 3.8) is 0 Å². The zero-order chi connectivity index (χ0) is 21.0. The van der Waals surface area contributed by atoms with Crippen molar-refractivity contribution in [2.24, 2.45) is 5.41 Å². The highest BCUT2D eigenvalue weighted by Crippen LogP contribution is 2.30. The minimum absolute atomic E-state index is 0.00214. The first-order chi connectivity index (χ1) is 13.8. The summed E-state index contributed by atoms with van der Waals surface area (Å²) in [5, 5.41) is 6.07. The fraction of sp³-hybridized carbons (Fsp3) is 0.417. The SMILES string of the molecule is Cc1ccc(CNC(=O)[C@@]2(C)CCCN(C(=O)Nc3cccc(C)c3C)C2)cc1. The van der Waals surface area contributed by atoms with Crippen LogP contribution in [0.4, 0.5) is 10.5 Å². The standard InChI is InChI=1S/C24H31N3O2/c1-17-9-11-20(12-10-17)15-25-22(28)24(4)13-6-14-27(16-24)23(29)26-21-8-5-7-18(2)19(21)3/h5,7-12H,6,13-16H2,1-4H3,(H,25,28)(H,26,29)/t24-/m0/s1. The van der Waals surface area contributed by atoms with Gasteiger partial charge >= 0.3 is 6.03 Å². The van der Waals surface area contributed by atoms with E-state index < -0.39 is 5.41 Å². The normalized spacial score (nSPS) is 19.0. The van der Waals surface area contributed by atoms with Crippen LogP contribution in [0.25, 0.3) is 0 Å². The minimum Gasteiger partial charge on any atom is -0.351 e. The summed E-state index contributed by atoms with van der Waals surface area (Å²) in [7, 11) is 0. The van der Waals surface area contributed by atoms with Crippen molar-refractivity contribution in [3.8, 4) is 0 Å². The predicted molar refractivity (Wildman–Crippen MR) is 117 cm³/mol. The second-order valence-corrected chi connectivity index (χ2v) is 8.43. The maximum absolute atomic E-state index is 12.9. The Morgan fingerprint density at radius 1 is 1.07 bits per heavy atom. The van der Waals surface area contributed by atoms with Gasteiger partial charge in [0.25, 0.3) is 0 Å². The number of aryl methyl sites for hydroxylation is 2. The van der Waals surface area contributed by atoms with Crippen LogP contribution >= 0.6 is 0 Å². The number of hydrogen-bond acceptors (Lipinski definition) is 2. The molecule has 2 aromatic rings. The van der Waals surface area contributed by atoms with E-state index in [1.54, 1.807) is 4.90 Å². The Balaban J connectivity index is 1.61. The van der Waals surface area contributed by atoms with E-state index in [0.29, 0.717) is 19.6 Å². The first-order valence-electron chi connectivity index (χ1n) is 10.2. The number of piperidine rings is 1. The largest absolute Gasteiger partial charge is 0.351 e. The molecule has 0 aromatic heterocycles. The molecule has 3 rings (SSSR count). The minimum atomic E-state index is -0.581. The fourth-order valence-electron chi connectivity index (χ4n) is 3.78. The van der Waals surface area contributed by atoms with Crippen LogP contribution in [0.2, 0.25) is 0 Å². The van der Waals surface area contributed by atoms with Crippen LogP contribution < -0.4 is 10.6 Å². The number of nitrogens with zero attached hydrogens (tertiary/aromatic N) is 1. The van der Waals surface area contributed by atoms with Crippen molar-refractivity contribution < 1.29 is 9.59 Å². The van der Waals surface area contributed by atoms with Gasteiger partial charge in [-0.05, 0) is 63.3 Å². The fourth-order valence-corrected chi connectivity index (χ4v) is 3.78. The van der Waals surface area contributed by atoms with E-state index in [2.05, 4.69) is 10.6 Å². The van der Waals surface area contributed by atoms with E-state index >= 15 is 0 Å². The highest BCUT2D eigenvalue weighted by atomic mass is 16.2. The molecule has 1 saturated heterocycles. The van der Waals surface area contributed by atoms with Gasteiger partial charge in [-0.1, -0.05) is 42.0 Å². The van der Waals surface area contributed by atoms with Crippen molar-refractivity contribution in [2.75, 3.05) is 18.4 Å². The molecule has 29 heavy (non-hydrogen) atoms. The van der Waals surface area contributed by atoms with Gasteiger partial charge in [-0.3, -0.25) is 4.79 Å². The molecule has 0 spiro atoms. The first-order valence-corrected chi connectivity index (χ1v) is 10.2. The lowest BCUT2D eigenvalue weighted by atomic mass is 9.81. The number of benzene rings is 2. The third-order valence-corrected chi connectivity index (χ3v) is 5.95. The number of amides is 3. The number of nitrogens with one attached hydrogen (secondary N) is 2. The maximum atomic E-state index is 12.9. The van der Waals surface area contributed by atoms with Crippen molar-refractivity contribution in [3.05, 3.63) is 64.7 Å². The molecule has 5 heteroatoms. The molecule has 2 aromatic carbocycles. The van der Waals surface area contributed by atoms with Crippen LogP contribution in [-0.4, -0.2) is 29.9 Å². The summed E-state index contributed by atoms with van der Waals surface area (Å²) in [5.41, 5.74) is 4.73. The highest BCUT2D eigenvalue weighted by Gasteiger charge is 2.39. The molecule has 1 atom stereocenters. The van der Waals surface area contributed by atoms with Crippen LogP contribution in [0.15, 0.2) is 42.5 Å². The lowest BCUT2D eigenvalue weighted by molar-refractivity contribution is -0.132. The Kier molecular flexibility index (Phi) is 6.26. The number of hydrogen-bond donors (Lipinski definition) is 2. The molecular formula is C24H31N3O2. The summed E-state index contributed by atoms with van der Waals surface area (Å²) in [4.78, 5) is 27.5. The van der Waals surface area contributed by atoms with Gasteiger partial charge in [0.2, 0.25) is 5.91 Å². The lowest BCUT2D eigenvalue weighted by Gasteiger charge is -2.39. The molecule has 154 valence electrons. The summed E-state index contributed by atoms with van der Waals surface area (Å²) in [5.74, 6) is 0.00214. The Hall–Kier alpha value is -2.82. The first kappa shape index (κ1) is 20.9. The Morgan fingerprint density at radius 3 is 2.52 bits per heavy atom. The summed E-state index contributed by atoms with van der Waals surface area (Å²) < 4.78 is 0. The number of carbonyl (C=O) groups is 2. The van der Waals surface area contributed by atoms with E-state index in [9.17, 15) is 9.59 Å². The summed E-state index contributed by atoms with van der Waals surface area (Å²) >= 11 is 0. The van der Waals surface area contributed by atoms with Gasteiger partial charge in [0.05, 0.1) is 5.41 Å². The van der Waals surface area contributed by atoms with Gasteiger partial charge < -0.3 is 15.5 Å². The lowest BCUT2D eigenvalue weighted by Crippen LogP contribution is -2.52. The molecular weight excluding hydrogens is 362 g/mol. The van der Waals surface area contributed by atoms with Gasteiger partial charge in [0, 0.05) is 25.3 Å². The Bertz CT molecular complexity index is 891. The van der Waals surface area contributed by atoms with Crippen molar-refractivity contribution >= 4 is 17.6 Å². The Morgan fingerprint density at radius 2 is 1.79 bits per heavy atom. The van der Waals surface area contributed by atoms with Gasteiger partial charge in [-0.15, -0.1) is 0 Å². The molecule has 1 heterocycles. The number of anilines is 1. The third-order valence-electron chi connectivity index (χ3n) is 5.95. The summed E-state index contributed by atoms with van der Waals surface area (Å²) in [6.45, 7) is 9.62. The van der Waals surface area contributed by atoms with E-state index in [-0.39, 0.29) is 11.9 Å². The van der Waals surface area contributed by atoms with Crippen molar-refractivity contribution in [2.45, 2.75) is 47.1 Å². The number of likely N-dealkylation sites (tertiary alicyclic amines) is 1. The number of urea groups is 1. The summed E-state index contributed by atoms with van der Waals surface area (Å²) in [6.07, 6.45) is 1.59. The molecule has 1 aliphatic heterocycles. The summed E-state index contributed by atoms with van der Waals surface area (Å²) in [6, 6.07) is 13.9. The molecule has 2 N–H and O–H groups in total. The number of carbonyl (C=O) groups excluding carboxylic acids is 2. The molecule has 0 saturated carbocycles. The average Bonchev–Trinajstić information content (AvgIpc) is 2.70. The van der Waals surface area contributed by atoms with Crippen molar-refractivity contribution in [1.29, 1.82) is 0 Å². The van der Waals surface area contributed by atoms with E-state index in [1.807, 2.05) is 70.2 Å². The highest BCUT2D eigenvalue weighted by molar-refractivity contribution is 5.91. The smallest absolute Gasteiger partial charge is 0.321 e. The van der Waals surface area contributed by atoms with Gasteiger partial charge in [-0.2, -0.15) is 0 Å². The van der Waals surface area contributed by atoms with E-state index in [4.69, 9.17) is 0 Å². The van der Waals surface area contributed by atoms with E-state index in [1.165, 1.54) is 5.56 Å². The molecule has 1 aliphatic rings. The molecule has 3 amide bonds. The van der Waals surface area contributed by atoms with Crippen LogP contribution in [0.3, 0.4) is 0 Å². The second kappa shape index (κ2) is 8.68. The third kappa shape index (κ3) is 4.97. The zero-order valence-corrected chi connectivity index (χ0v) is 17.8. The van der Waals surface area contributed by atoms with Crippen LogP contribution in [0, 0.1) is 26.2 Å². The van der Waals surface area contributed by atoms with Gasteiger partial charge in [-0.25, -0.2) is 4.79 Å². The average molecular weight is 394 g/mol. The maximum Gasteiger partial charge on any atom is 0.321 e. The molecule has 5 nitrogen and oxygen atoms in total. The van der Waals surface area contributed by atoms with Crippen LogP contribution in [0.5, 0.6) is 0 Å². The van der Waals surface area contributed by atoms with Crippen LogP contribution in [-0.2, 0) is 11.3 Å². The molecule has 1 fully saturated rings.